The summed E-state index contributed by atoms with van der Waals surface area (Å²) >= 11 is 3.32. The zero-order chi connectivity index (χ0) is 18.8. The maximum absolute atomic E-state index is 5.08. The Morgan fingerprint density at radius 1 is 1.15 bits per heavy atom. The van der Waals surface area contributed by atoms with Gasteiger partial charge >= 0.3 is 0 Å². The largest absolute Gasteiger partial charge is 0.348 e. The molecule has 0 spiro atoms. The van der Waals surface area contributed by atoms with E-state index in [2.05, 4.69) is 48.0 Å². The van der Waals surface area contributed by atoms with E-state index in [1.165, 1.54) is 18.4 Å². The van der Waals surface area contributed by atoms with Crippen LogP contribution in [0, 0.1) is 12.8 Å². The molecule has 1 fully saturated rings. The molecular weight excluding hydrogens is 372 g/mol. The zero-order valence-corrected chi connectivity index (χ0v) is 17.6. The van der Waals surface area contributed by atoms with Crippen LogP contribution >= 0.6 is 23.1 Å². The van der Waals surface area contributed by atoms with Gasteiger partial charge in [-0.1, -0.05) is 53.8 Å². The molecule has 1 aliphatic heterocycles. The molecular formula is C21H24N4S2. The lowest BCUT2D eigenvalue weighted by atomic mass is 10.00. The van der Waals surface area contributed by atoms with Crippen molar-refractivity contribution in [3.05, 3.63) is 42.1 Å². The number of aryl methyl sites for hydroxylation is 1. The number of hydrogen-bond acceptors (Lipinski definition) is 6. The van der Waals surface area contributed by atoms with Crippen LogP contribution < -0.4 is 4.90 Å². The molecule has 0 unspecified atom stereocenters. The number of benzene rings is 1. The molecule has 4 nitrogen and oxygen atoms in total. The summed E-state index contributed by atoms with van der Waals surface area (Å²) in [5.41, 5.74) is 4.39. The van der Waals surface area contributed by atoms with Gasteiger partial charge in [0.1, 0.15) is 0 Å². The molecule has 27 heavy (non-hydrogen) atoms. The second kappa shape index (κ2) is 7.98. The normalized spacial score (nSPS) is 15.3. The van der Waals surface area contributed by atoms with E-state index in [0.29, 0.717) is 0 Å². The molecule has 0 amide bonds. The van der Waals surface area contributed by atoms with Gasteiger partial charge in [-0.15, -0.1) is 0 Å². The molecule has 4 rings (SSSR count). The number of hydrogen-bond donors (Lipinski definition) is 0. The minimum atomic E-state index is 0.796. The average molecular weight is 397 g/mol. The first-order chi connectivity index (χ1) is 13.1. The first-order valence-electron chi connectivity index (χ1n) is 9.34. The van der Waals surface area contributed by atoms with Gasteiger partial charge in [0.15, 0.2) is 10.3 Å². The van der Waals surface area contributed by atoms with Crippen LogP contribution in [0.5, 0.6) is 0 Å². The first-order valence-corrected chi connectivity index (χ1v) is 11.4. The Bertz CT molecular complexity index is 929. The molecule has 6 heteroatoms. The summed E-state index contributed by atoms with van der Waals surface area (Å²) in [6.45, 7) is 6.63. The monoisotopic (exact) mass is 396 g/mol. The van der Waals surface area contributed by atoms with Crippen molar-refractivity contribution in [2.45, 2.75) is 31.8 Å². The number of anilines is 1. The predicted octanol–water partition coefficient (Wildman–Crippen LogP) is 5.53. The highest BCUT2D eigenvalue weighted by molar-refractivity contribution is 7.98. The zero-order valence-electron chi connectivity index (χ0n) is 16.0. The maximum atomic E-state index is 5.08. The van der Waals surface area contributed by atoms with Crippen LogP contribution in [0.1, 0.15) is 25.3 Å². The highest BCUT2D eigenvalue weighted by Crippen LogP contribution is 2.40. The summed E-state index contributed by atoms with van der Waals surface area (Å²) in [4.78, 5) is 17.7. The summed E-state index contributed by atoms with van der Waals surface area (Å²) in [5, 5.41) is 1.90. The van der Waals surface area contributed by atoms with Crippen molar-refractivity contribution in [2.75, 3.05) is 24.2 Å². The Balaban J connectivity index is 1.80. The highest BCUT2D eigenvalue weighted by atomic mass is 32.2. The lowest BCUT2D eigenvalue weighted by molar-refractivity contribution is 0.438. The smallest absolute Gasteiger partial charge is 0.187 e. The third-order valence-electron chi connectivity index (χ3n) is 5.01. The Kier molecular flexibility index (Phi) is 5.45. The third-order valence-corrected chi connectivity index (χ3v) is 6.71. The Morgan fingerprint density at radius 3 is 2.70 bits per heavy atom. The van der Waals surface area contributed by atoms with Gasteiger partial charge in [0.05, 0.1) is 16.3 Å². The molecule has 0 bridgehead atoms. The van der Waals surface area contributed by atoms with Crippen LogP contribution in [0.3, 0.4) is 0 Å². The van der Waals surface area contributed by atoms with E-state index in [1.54, 1.807) is 23.1 Å². The highest BCUT2D eigenvalue weighted by Gasteiger charge is 2.23. The Hall–Kier alpha value is -1.92. The predicted molar refractivity (Wildman–Crippen MR) is 116 cm³/mol. The standard InChI is InChI=1S/C21H24N4S2/c1-14-8-11-25(12-9-14)21-24-18(16-6-4-5-15(2)13-16)19(27-21)17-7-10-22-20(23-17)26-3/h4-7,10,13-14H,8-9,11-12H2,1-3H3. The molecule has 0 saturated carbocycles. The fourth-order valence-electron chi connectivity index (χ4n) is 3.37. The van der Waals surface area contributed by atoms with Gasteiger partial charge in [0.2, 0.25) is 0 Å². The van der Waals surface area contributed by atoms with Gasteiger partial charge in [-0.2, -0.15) is 0 Å². The van der Waals surface area contributed by atoms with Crippen molar-refractivity contribution in [1.29, 1.82) is 0 Å². The van der Waals surface area contributed by atoms with Crippen LogP contribution in [0.4, 0.5) is 5.13 Å². The Morgan fingerprint density at radius 2 is 1.96 bits per heavy atom. The molecule has 3 aromatic rings. The number of nitrogens with zero attached hydrogens (tertiary/aromatic N) is 4. The minimum absolute atomic E-state index is 0.796. The fourth-order valence-corrected chi connectivity index (χ4v) is 4.84. The number of thiazole rings is 1. The van der Waals surface area contributed by atoms with Gasteiger partial charge < -0.3 is 4.90 Å². The van der Waals surface area contributed by atoms with Crippen molar-refractivity contribution < 1.29 is 0 Å². The van der Waals surface area contributed by atoms with E-state index in [-0.39, 0.29) is 0 Å². The molecule has 0 N–H and O–H groups in total. The molecule has 2 aromatic heterocycles. The first kappa shape index (κ1) is 18.4. The number of piperidine rings is 1. The number of aromatic nitrogens is 3. The molecule has 1 saturated heterocycles. The topological polar surface area (TPSA) is 41.9 Å². The molecule has 140 valence electrons. The second-order valence-electron chi connectivity index (χ2n) is 7.14. The van der Waals surface area contributed by atoms with E-state index >= 15 is 0 Å². The molecule has 1 aromatic carbocycles. The van der Waals surface area contributed by atoms with E-state index in [1.807, 2.05) is 18.5 Å². The molecule has 1 aliphatic rings. The van der Waals surface area contributed by atoms with Gasteiger partial charge in [-0.25, -0.2) is 15.0 Å². The van der Waals surface area contributed by atoms with Crippen LogP contribution in [0.15, 0.2) is 41.7 Å². The fraction of sp³-hybridized carbons (Fsp3) is 0.381. The Labute approximate surface area is 169 Å². The summed E-state index contributed by atoms with van der Waals surface area (Å²) in [7, 11) is 0. The SMILES string of the molecule is CSc1nccc(-c2sc(N3CCC(C)CC3)nc2-c2cccc(C)c2)n1. The van der Waals surface area contributed by atoms with Gasteiger partial charge in [-0.05, 0) is 44.1 Å². The summed E-state index contributed by atoms with van der Waals surface area (Å²) in [5.74, 6) is 0.808. The van der Waals surface area contributed by atoms with E-state index < -0.39 is 0 Å². The van der Waals surface area contributed by atoms with Crippen molar-refractivity contribution >= 4 is 28.2 Å². The maximum Gasteiger partial charge on any atom is 0.187 e. The van der Waals surface area contributed by atoms with Crippen molar-refractivity contribution in [3.63, 3.8) is 0 Å². The van der Waals surface area contributed by atoms with Crippen molar-refractivity contribution in [3.8, 4) is 21.8 Å². The van der Waals surface area contributed by atoms with Crippen LogP contribution in [0.2, 0.25) is 0 Å². The molecule has 0 radical (unpaired) electrons. The molecule has 0 atom stereocenters. The van der Waals surface area contributed by atoms with Crippen molar-refractivity contribution in [1.82, 2.24) is 15.0 Å². The van der Waals surface area contributed by atoms with Gasteiger partial charge in [0, 0.05) is 24.8 Å². The molecule has 0 aliphatic carbocycles. The molecule has 3 heterocycles. The van der Waals surface area contributed by atoms with Gasteiger partial charge in [-0.3, -0.25) is 0 Å². The lowest BCUT2D eigenvalue weighted by Gasteiger charge is -2.29. The second-order valence-corrected chi connectivity index (χ2v) is 8.89. The average Bonchev–Trinajstić information content (AvgIpc) is 3.14. The third kappa shape index (κ3) is 4.01. The van der Waals surface area contributed by atoms with E-state index in [4.69, 9.17) is 9.97 Å². The lowest BCUT2D eigenvalue weighted by Crippen LogP contribution is -2.32. The van der Waals surface area contributed by atoms with E-state index in [9.17, 15) is 0 Å². The van der Waals surface area contributed by atoms with Crippen molar-refractivity contribution in [2.24, 2.45) is 5.92 Å². The quantitative estimate of drug-likeness (QED) is 0.428. The van der Waals surface area contributed by atoms with Crippen LogP contribution in [-0.2, 0) is 0 Å². The van der Waals surface area contributed by atoms with Crippen LogP contribution in [-0.4, -0.2) is 34.3 Å². The van der Waals surface area contributed by atoms with E-state index in [0.717, 1.165) is 51.1 Å². The van der Waals surface area contributed by atoms with Gasteiger partial charge in [0.25, 0.3) is 0 Å². The number of rotatable bonds is 4. The summed E-state index contributed by atoms with van der Waals surface area (Å²) in [6, 6.07) is 10.6. The number of thioether (sulfide) groups is 1. The minimum Gasteiger partial charge on any atom is -0.348 e. The summed E-state index contributed by atoms with van der Waals surface area (Å²) in [6.07, 6.45) is 6.32. The summed E-state index contributed by atoms with van der Waals surface area (Å²) < 4.78 is 0. The van der Waals surface area contributed by atoms with Crippen LogP contribution in [0.25, 0.3) is 21.8 Å².